The first-order valence-electron chi connectivity index (χ1n) is 7.19. The van der Waals surface area contributed by atoms with Crippen LogP contribution in [0.5, 0.6) is 0 Å². The van der Waals surface area contributed by atoms with E-state index in [2.05, 4.69) is 27.1 Å². The van der Waals surface area contributed by atoms with Gasteiger partial charge in [0, 0.05) is 13.0 Å². The van der Waals surface area contributed by atoms with Crippen LogP contribution in [-0.4, -0.2) is 33.4 Å². The number of aryl methyl sites for hydroxylation is 1. The fourth-order valence-electron chi connectivity index (χ4n) is 2.46. The van der Waals surface area contributed by atoms with Gasteiger partial charge in [0.25, 0.3) is 0 Å². The van der Waals surface area contributed by atoms with E-state index in [1.54, 1.807) is 6.08 Å². The van der Waals surface area contributed by atoms with Crippen LogP contribution >= 0.6 is 11.8 Å². The summed E-state index contributed by atoms with van der Waals surface area (Å²) >= 11 is 1.36. The Morgan fingerprint density at radius 2 is 2.30 bits per heavy atom. The second-order valence-corrected chi connectivity index (χ2v) is 6.08. The van der Waals surface area contributed by atoms with E-state index in [-0.39, 0.29) is 5.91 Å². The van der Waals surface area contributed by atoms with Crippen LogP contribution in [0.25, 0.3) is 0 Å². The fourth-order valence-corrected chi connectivity index (χ4v) is 3.11. The number of thioether (sulfide) groups is 1. The number of H-pyrrole nitrogens is 1. The molecule has 1 aromatic heterocycles. The minimum atomic E-state index is -0.0211. The Hall–Kier alpha value is -1.30. The molecule has 0 atom stereocenters. The SMILES string of the molecule is C=CCNC(=O)CSc1n[nH]c(CCC2CCCC2)n1. The molecule has 6 heteroatoms. The van der Waals surface area contributed by atoms with Crippen LogP contribution < -0.4 is 5.32 Å². The molecule has 1 saturated carbocycles. The lowest BCUT2D eigenvalue weighted by molar-refractivity contribution is -0.118. The van der Waals surface area contributed by atoms with Crippen molar-refractivity contribution in [2.45, 2.75) is 43.7 Å². The summed E-state index contributed by atoms with van der Waals surface area (Å²) in [6, 6.07) is 0. The van der Waals surface area contributed by atoms with Gasteiger partial charge in [0.1, 0.15) is 5.82 Å². The highest BCUT2D eigenvalue weighted by molar-refractivity contribution is 7.99. The first-order chi connectivity index (χ1) is 9.78. The number of aromatic amines is 1. The molecule has 5 nitrogen and oxygen atoms in total. The zero-order chi connectivity index (χ0) is 14.2. The summed E-state index contributed by atoms with van der Waals surface area (Å²) < 4.78 is 0. The van der Waals surface area contributed by atoms with Gasteiger partial charge in [-0.3, -0.25) is 9.89 Å². The number of carbonyl (C=O) groups is 1. The highest BCUT2D eigenvalue weighted by Crippen LogP contribution is 2.28. The van der Waals surface area contributed by atoms with Crippen molar-refractivity contribution in [3.05, 3.63) is 18.5 Å². The molecule has 0 saturated heterocycles. The third kappa shape index (κ3) is 5.00. The van der Waals surface area contributed by atoms with Crippen molar-refractivity contribution < 1.29 is 4.79 Å². The number of rotatable bonds is 8. The van der Waals surface area contributed by atoms with Crippen molar-refractivity contribution in [1.82, 2.24) is 20.5 Å². The van der Waals surface area contributed by atoms with E-state index in [1.807, 2.05) is 0 Å². The van der Waals surface area contributed by atoms with Crippen molar-refractivity contribution in [2.75, 3.05) is 12.3 Å². The predicted molar refractivity (Wildman–Crippen MR) is 80.6 cm³/mol. The maximum absolute atomic E-state index is 11.4. The van der Waals surface area contributed by atoms with Crippen LogP contribution in [0.15, 0.2) is 17.8 Å². The molecule has 0 bridgehead atoms. The van der Waals surface area contributed by atoms with Crippen LogP contribution in [0, 0.1) is 5.92 Å². The third-order valence-electron chi connectivity index (χ3n) is 3.55. The standard InChI is InChI=1S/C14H22N4OS/c1-2-9-15-13(19)10-20-14-16-12(17-18-14)8-7-11-5-3-4-6-11/h2,11H,1,3-10H2,(H,15,19)(H,16,17,18). The molecule has 0 unspecified atom stereocenters. The lowest BCUT2D eigenvalue weighted by atomic mass is 10.0. The number of hydrogen-bond donors (Lipinski definition) is 2. The molecular formula is C14H22N4OS. The van der Waals surface area contributed by atoms with Crippen LogP contribution in [0.2, 0.25) is 0 Å². The predicted octanol–water partition coefficient (Wildman–Crippen LogP) is 2.32. The summed E-state index contributed by atoms with van der Waals surface area (Å²) in [5.41, 5.74) is 0. The normalized spacial score (nSPS) is 15.4. The Morgan fingerprint density at radius 1 is 1.50 bits per heavy atom. The first kappa shape index (κ1) is 15.1. The molecule has 0 spiro atoms. The topological polar surface area (TPSA) is 70.7 Å². The average molecular weight is 294 g/mol. The summed E-state index contributed by atoms with van der Waals surface area (Å²) in [4.78, 5) is 15.9. The highest BCUT2D eigenvalue weighted by atomic mass is 32.2. The van der Waals surface area contributed by atoms with Gasteiger partial charge in [-0.25, -0.2) is 4.98 Å². The number of amides is 1. The quantitative estimate of drug-likeness (QED) is 0.570. The number of hydrogen-bond acceptors (Lipinski definition) is 4. The van der Waals surface area contributed by atoms with Gasteiger partial charge in [0.15, 0.2) is 0 Å². The lowest BCUT2D eigenvalue weighted by Crippen LogP contribution is -2.24. The molecule has 2 rings (SSSR count). The number of aromatic nitrogens is 3. The van der Waals surface area contributed by atoms with Gasteiger partial charge in [-0.15, -0.1) is 11.7 Å². The highest BCUT2D eigenvalue weighted by Gasteiger charge is 2.15. The van der Waals surface area contributed by atoms with Gasteiger partial charge in [-0.05, 0) is 12.3 Å². The number of nitrogens with one attached hydrogen (secondary N) is 2. The van der Waals surface area contributed by atoms with E-state index in [9.17, 15) is 4.79 Å². The minimum absolute atomic E-state index is 0.0211. The van der Waals surface area contributed by atoms with E-state index in [1.165, 1.54) is 43.9 Å². The zero-order valence-corrected chi connectivity index (χ0v) is 12.5. The molecule has 1 aliphatic rings. The Bertz CT molecular complexity index is 440. The van der Waals surface area contributed by atoms with Crippen LogP contribution in [-0.2, 0) is 11.2 Å². The number of carbonyl (C=O) groups excluding carboxylic acids is 1. The van der Waals surface area contributed by atoms with Gasteiger partial charge < -0.3 is 5.32 Å². The Morgan fingerprint density at radius 3 is 3.05 bits per heavy atom. The Labute approximate surface area is 124 Å². The summed E-state index contributed by atoms with van der Waals surface area (Å²) in [6.07, 6.45) is 9.29. The molecule has 110 valence electrons. The van der Waals surface area contributed by atoms with Gasteiger partial charge in [0.05, 0.1) is 5.75 Å². The third-order valence-corrected chi connectivity index (χ3v) is 4.40. The van der Waals surface area contributed by atoms with E-state index in [4.69, 9.17) is 0 Å². The molecule has 1 amide bonds. The number of nitrogens with zero attached hydrogens (tertiary/aromatic N) is 2. The fraction of sp³-hybridized carbons (Fsp3) is 0.643. The van der Waals surface area contributed by atoms with Crippen molar-refractivity contribution in [1.29, 1.82) is 0 Å². The molecule has 1 aliphatic carbocycles. The molecular weight excluding hydrogens is 272 g/mol. The maximum atomic E-state index is 11.4. The molecule has 0 aromatic carbocycles. The van der Waals surface area contributed by atoms with Gasteiger partial charge >= 0.3 is 0 Å². The lowest BCUT2D eigenvalue weighted by Gasteiger charge is -2.05. The van der Waals surface area contributed by atoms with E-state index >= 15 is 0 Å². The summed E-state index contributed by atoms with van der Waals surface area (Å²) in [5, 5.41) is 10.5. The molecule has 1 aromatic rings. The first-order valence-corrected chi connectivity index (χ1v) is 8.18. The molecule has 0 radical (unpaired) electrons. The zero-order valence-electron chi connectivity index (χ0n) is 11.7. The van der Waals surface area contributed by atoms with E-state index in [0.29, 0.717) is 17.5 Å². The average Bonchev–Trinajstić information content (AvgIpc) is 3.11. The van der Waals surface area contributed by atoms with E-state index < -0.39 is 0 Å². The van der Waals surface area contributed by atoms with Gasteiger partial charge in [-0.2, -0.15) is 0 Å². The van der Waals surface area contributed by atoms with Crippen molar-refractivity contribution in [2.24, 2.45) is 5.92 Å². The van der Waals surface area contributed by atoms with E-state index in [0.717, 1.165) is 18.2 Å². The minimum Gasteiger partial charge on any atom is -0.352 e. The largest absolute Gasteiger partial charge is 0.352 e. The summed E-state index contributed by atoms with van der Waals surface area (Å²) in [5.74, 6) is 2.12. The van der Waals surface area contributed by atoms with Crippen molar-refractivity contribution >= 4 is 17.7 Å². The van der Waals surface area contributed by atoms with Crippen LogP contribution in [0.3, 0.4) is 0 Å². The molecule has 1 heterocycles. The monoisotopic (exact) mass is 294 g/mol. The molecule has 2 N–H and O–H groups in total. The molecule has 1 fully saturated rings. The second-order valence-electron chi connectivity index (χ2n) is 5.14. The maximum Gasteiger partial charge on any atom is 0.230 e. The molecule has 0 aliphatic heterocycles. The van der Waals surface area contributed by atoms with Crippen molar-refractivity contribution in [3.63, 3.8) is 0 Å². The van der Waals surface area contributed by atoms with Crippen LogP contribution in [0.4, 0.5) is 0 Å². The van der Waals surface area contributed by atoms with Crippen molar-refractivity contribution in [3.8, 4) is 0 Å². The van der Waals surface area contributed by atoms with Gasteiger partial charge in [-0.1, -0.05) is 43.5 Å². The van der Waals surface area contributed by atoms with Gasteiger partial charge in [0.2, 0.25) is 11.1 Å². The Balaban J connectivity index is 1.68. The smallest absolute Gasteiger partial charge is 0.230 e. The summed E-state index contributed by atoms with van der Waals surface area (Å²) in [6.45, 7) is 4.06. The summed E-state index contributed by atoms with van der Waals surface area (Å²) in [7, 11) is 0. The second kappa shape index (κ2) is 8.09. The molecule has 20 heavy (non-hydrogen) atoms. The van der Waals surface area contributed by atoms with Crippen LogP contribution in [0.1, 0.15) is 37.9 Å². The Kier molecular flexibility index (Phi) is 6.11.